The lowest BCUT2D eigenvalue weighted by molar-refractivity contribution is 0.430. The van der Waals surface area contributed by atoms with Crippen molar-refractivity contribution < 1.29 is 0 Å². The van der Waals surface area contributed by atoms with Crippen molar-refractivity contribution in [3.8, 4) is 0 Å². The average Bonchev–Trinajstić information content (AvgIpc) is 2.74. The van der Waals surface area contributed by atoms with E-state index in [4.69, 9.17) is 10.8 Å². The smallest absolute Gasteiger partial charge is 0.152 e. The summed E-state index contributed by atoms with van der Waals surface area (Å²) in [6.45, 7) is 4.24. The quantitative estimate of drug-likeness (QED) is 0.649. The fourth-order valence-electron chi connectivity index (χ4n) is 2.91. The molecule has 0 aliphatic heterocycles. The predicted octanol–water partition coefficient (Wildman–Crippen LogP) is 3.64. The summed E-state index contributed by atoms with van der Waals surface area (Å²) in [6, 6.07) is 0. The Hall–Kier alpha value is -1.20. The molecule has 0 unspecified atom stereocenters. The first-order chi connectivity index (χ1) is 9.20. The van der Waals surface area contributed by atoms with Gasteiger partial charge in [0, 0.05) is 10.8 Å². The Balaban J connectivity index is 2.11. The number of nitrogen functional groups attached to an aromatic ring is 1. The number of nitrogens with one attached hydrogen (secondary N) is 1. The highest BCUT2D eigenvalue weighted by Gasteiger charge is 2.21. The fourth-order valence-corrected chi connectivity index (χ4v) is 3.95. The van der Waals surface area contributed by atoms with Crippen molar-refractivity contribution in [3.63, 3.8) is 0 Å². The Morgan fingerprint density at radius 3 is 2.58 bits per heavy atom. The first-order valence-corrected chi connectivity index (χ1v) is 7.76. The van der Waals surface area contributed by atoms with Crippen molar-refractivity contribution in [2.75, 3.05) is 5.43 Å². The molecule has 2 aromatic rings. The van der Waals surface area contributed by atoms with Gasteiger partial charge in [0.1, 0.15) is 10.7 Å². The van der Waals surface area contributed by atoms with Gasteiger partial charge in [0.05, 0.1) is 5.39 Å². The van der Waals surface area contributed by atoms with Crippen molar-refractivity contribution in [1.29, 1.82) is 0 Å². The molecule has 0 saturated heterocycles. The van der Waals surface area contributed by atoms with Crippen LogP contribution in [0.1, 0.15) is 54.3 Å². The van der Waals surface area contributed by atoms with Crippen LogP contribution in [-0.2, 0) is 0 Å². The molecule has 3 rings (SSSR count). The first kappa shape index (κ1) is 12.8. The summed E-state index contributed by atoms with van der Waals surface area (Å²) in [6.07, 6.45) is 6.34. The summed E-state index contributed by atoms with van der Waals surface area (Å²) in [5.41, 5.74) is 4.00. The standard InChI is InChI=1S/C14H20N4S/c1-8-9(2)19-14-11(8)13(18-15)16-12(17-14)10-6-4-3-5-7-10/h10H,3-7,15H2,1-2H3,(H,16,17,18). The molecule has 1 fully saturated rings. The van der Waals surface area contributed by atoms with Gasteiger partial charge >= 0.3 is 0 Å². The van der Waals surface area contributed by atoms with Crippen LogP contribution in [0.25, 0.3) is 10.2 Å². The Morgan fingerprint density at radius 1 is 1.16 bits per heavy atom. The zero-order valence-electron chi connectivity index (χ0n) is 11.5. The number of aryl methyl sites for hydroxylation is 2. The van der Waals surface area contributed by atoms with Crippen LogP contribution in [0, 0.1) is 13.8 Å². The van der Waals surface area contributed by atoms with Crippen LogP contribution in [0.2, 0.25) is 0 Å². The first-order valence-electron chi connectivity index (χ1n) is 6.95. The second kappa shape index (κ2) is 5.06. The molecule has 2 aromatic heterocycles. The molecule has 0 spiro atoms. The molecule has 1 aliphatic carbocycles. The van der Waals surface area contributed by atoms with Crippen LogP contribution in [0.5, 0.6) is 0 Å². The third-order valence-corrected chi connectivity index (χ3v) is 5.25. The van der Waals surface area contributed by atoms with Gasteiger partial charge in [0.15, 0.2) is 5.82 Å². The van der Waals surface area contributed by atoms with Gasteiger partial charge in [-0.2, -0.15) is 0 Å². The molecule has 4 nitrogen and oxygen atoms in total. The molecule has 0 bridgehead atoms. The summed E-state index contributed by atoms with van der Waals surface area (Å²) in [4.78, 5) is 11.8. The van der Waals surface area contributed by atoms with Crippen LogP contribution in [0.15, 0.2) is 0 Å². The highest BCUT2D eigenvalue weighted by molar-refractivity contribution is 7.18. The number of nitrogens with zero attached hydrogens (tertiary/aromatic N) is 2. The lowest BCUT2D eigenvalue weighted by atomic mass is 9.88. The minimum Gasteiger partial charge on any atom is -0.308 e. The zero-order chi connectivity index (χ0) is 13.4. The largest absolute Gasteiger partial charge is 0.308 e. The minimum absolute atomic E-state index is 0.507. The van der Waals surface area contributed by atoms with Gasteiger partial charge < -0.3 is 5.43 Å². The third-order valence-electron chi connectivity index (χ3n) is 4.15. The maximum absolute atomic E-state index is 5.66. The normalized spacial score (nSPS) is 17.0. The highest BCUT2D eigenvalue weighted by atomic mass is 32.1. The van der Waals surface area contributed by atoms with E-state index < -0.39 is 0 Å². The summed E-state index contributed by atoms with van der Waals surface area (Å²) in [5.74, 6) is 7.92. The van der Waals surface area contributed by atoms with E-state index in [0.717, 1.165) is 21.9 Å². The van der Waals surface area contributed by atoms with Crippen molar-refractivity contribution in [1.82, 2.24) is 9.97 Å². The van der Waals surface area contributed by atoms with E-state index in [1.807, 2.05) is 0 Å². The molecule has 19 heavy (non-hydrogen) atoms. The number of rotatable bonds is 2. The van der Waals surface area contributed by atoms with E-state index in [-0.39, 0.29) is 0 Å². The average molecular weight is 276 g/mol. The Morgan fingerprint density at radius 2 is 1.89 bits per heavy atom. The Bertz CT molecular complexity index is 599. The number of fused-ring (bicyclic) bond motifs is 1. The number of aromatic nitrogens is 2. The maximum atomic E-state index is 5.66. The number of thiophene rings is 1. The van der Waals surface area contributed by atoms with E-state index in [1.165, 1.54) is 42.5 Å². The van der Waals surface area contributed by atoms with Crippen LogP contribution in [-0.4, -0.2) is 9.97 Å². The molecular weight excluding hydrogens is 256 g/mol. The van der Waals surface area contributed by atoms with E-state index in [1.54, 1.807) is 11.3 Å². The monoisotopic (exact) mass is 276 g/mol. The molecule has 5 heteroatoms. The number of anilines is 1. The second-order valence-corrected chi connectivity index (χ2v) is 6.58. The van der Waals surface area contributed by atoms with Gasteiger partial charge in [-0.3, -0.25) is 0 Å². The zero-order valence-corrected chi connectivity index (χ0v) is 12.3. The molecule has 1 saturated carbocycles. The van der Waals surface area contributed by atoms with E-state index in [9.17, 15) is 0 Å². The number of hydrazine groups is 1. The van der Waals surface area contributed by atoms with Crippen LogP contribution < -0.4 is 11.3 Å². The van der Waals surface area contributed by atoms with Crippen LogP contribution in [0.4, 0.5) is 5.82 Å². The summed E-state index contributed by atoms with van der Waals surface area (Å²) < 4.78 is 0. The maximum Gasteiger partial charge on any atom is 0.152 e. The number of hydrogen-bond acceptors (Lipinski definition) is 5. The van der Waals surface area contributed by atoms with Crippen molar-refractivity contribution in [3.05, 3.63) is 16.3 Å². The van der Waals surface area contributed by atoms with Crippen molar-refractivity contribution in [2.24, 2.45) is 5.84 Å². The van der Waals surface area contributed by atoms with Crippen molar-refractivity contribution in [2.45, 2.75) is 51.9 Å². The van der Waals surface area contributed by atoms with Gasteiger partial charge in [-0.05, 0) is 32.3 Å². The van der Waals surface area contributed by atoms with Gasteiger partial charge in [-0.25, -0.2) is 15.8 Å². The third kappa shape index (κ3) is 2.21. The molecule has 2 heterocycles. The van der Waals surface area contributed by atoms with E-state index in [0.29, 0.717) is 5.92 Å². The molecule has 3 N–H and O–H groups in total. The summed E-state index contributed by atoms with van der Waals surface area (Å²) >= 11 is 1.74. The highest BCUT2D eigenvalue weighted by Crippen LogP contribution is 2.36. The Labute approximate surface area is 117 Å². The summed E-state index contributed by atoms with van der Waals surface area (Å²) in [5, 5.41) is 1.09. The minimum atomic E-state index is 0.507. The van der Waals surface area contributed by atoms with Crippen LogP contribution in [0.3, 0.4) is 0 Å². The SMILES string of the molecule is Cc1sc2nc(C3CCCCC3)nc(NN)c2c1C. The lowest BCUT2D eigenvalue weighted by Gasteiger charge is -2.20. The van der Waals surface area contributed by atoms with Crippen molar-refractivity contribution >= 4 is 27.4 Å². The molecule has 0 amide bonds. The van der Waals surface area contributed by atoms with Gasteiger partial charge in [-0.1, -0.05) is 19.3 Å². The molecule has 0 radical (unpaired) electrons. The van der Waals surface area contributed by atoms with Gasteiger partial charge in [0.25, 0.3) is 0 Å². The topological polar surface area (TPSA) is 63.8 Å². The lowest BCUT2D eigenvalue weighted by Crippen LogP contribution is -2.14. The number of nitrogens with two attached hydrogens (primary N) is 1. The van der Waals surface area contributed by atoms with Gasteiger partial charge in [-0.15, -0.1) is 11.3 Å². The molecule has 0 atom stereocenters. The Kier molecular flexibility index (Phi) is 3.41. The molecule has 1 aliphatic rings. The summed E-state index contributed by atoms with van der Waals surface area (Å²) in [7, 11) is 0. The second-order valence-electron chi connectivity index (χ2n) is 5.37. The van der Waals surface area contributed by atoms with Crippen LogP contribution >= 0.6 is 11.3 Å². The molecule has 102 valence electrons. The van der Waals surface area contributed by atoms with Gasteiger partial charge in [0.2, 0.25) is 0 Å². The van der Waals surface area contributed by atoms with E-state index >= 15 is 0 Å². The predicted molar refractivity (Wildman–Crippen MR) is 80.5 cm³/mol. The molecule has 0 aromatic carbocycles. The molecular formula is C14H20N4S. The fraction of sp³-hybridized carbons (Fsp3) is 0.571. The number of hydrogen-bond donors (Lipinski definition) is 2. The van der Waals surface area contributed by atoms with E-state index in [2.05, 4.69) is 24.3 Å².